The minimum atomic E-state index is -0.258. The normalized spacial score (nSPS) is 10.8. The Morgan fingerprint density at radius 1 is 1.15 bits per heavy atom. The van der Waals surface area contributed by atoms with Gasteiger partial charge in [0.25, 0.3) is 0 Å². The third-order valence-corrected chi connectivity index (χ3v) is 2.11. The molecule has 0 aliphatic rings. The maximum atomic E-state index is 10.3. The van der Waals surface area contributed by atoms with Gasteiger partial charge in [0, 0.05) is 0 Å². The molecule has 0 heterocycles. The van der Waals surface area contributed by atoms with Gasteiger partial charge in [0.1, 0.15) is 0 Å². The van der Waals surface area contributed by atoms with Gasteiger partial charge < -0.3 is 0 Å². The van der Waals surface area contributed by atoms with Crippen molar-refractivity contribution < 1.29 is 4.79 Å². The fourth-order valence-electron chi connectivity index (χ4n) is 1.22. The molecule has 0 aromatic heterocycles. The van der Waals surface area contributed by atoms with E-state index in [-0.39, 0.29) is 5.12 Å². The lowest BCUT2D eigenvalue weighted by Gasteiger charge is -1.96. The summed E-state index contributed by atoms with van der Waals surface area (Å²) in [7, 11) is 0. The number of hydrogen-bond donors (Lipinski definition) is 0. The summed E-state index contributed by atoms with van der Waals surface area (Å²) in [5, 5.41) is -0.258. The quantitative estimate of drug-likeness (QED) is 0.426. The number of unbranched alkanes of at least 4 members (excludes halogenated alkanes) is 6. The highest BCUT2D eigenvalue weighted by molar-refractivity contribution is 7.97. The van der Waals surface area contributed by atoms with Gasteiger partial charge in [0.15, 0.2) is 0 Å². The van der Waals surface area contributed by atoms with Crippen LogP contribution in [0, 0.1) is 0 Å². The van der Waals surface area contributed by atoms with Crippen LogP contribution in [0.5, 0.6) is 0 Å². The van der Waals surface area contributed by atoms with E-state index in [9.17, 15) is 4.79 Å². The van der Waals surface area contributed by atoms with Crippen LogP contribution in [-0.4, -0.2) is 5.12 Å². The van der Waals surface area contributed by atoms with Crippen LogP contribution in [0.4, 0.5) is 0 Å². The lowest BCUT2D eigenvalue weighted by molar-refractivity contribution is -0.106. The van der Waals surface area contributed by atoms with E-state index in [1.54, 1.807) is 0 Å². The van der Waals surface area contributed by atoms with Crippen LogP contribution in [0.1, 0.15) is 51.9 Å². The summed E-state index contributed by atoms with van der Waals surface area (Å²) in [6, 6.07) is 0. The van der Waals surface area contributed by atoms with Crippen molar-refractivity contribution in [3.05, 3.63) is 12.2 Å². The van der Waals surface area contributed by atoms with E-state index < -0.39 is 0 Å². The lowest BCUT2D eigenvalue weighted by atomic mass is 10.1. The molecule has 0 aromatic carbocycles. The zero-order valence-electron chi connectivity index (χ0n) is 8.42. The monoisotopic (exact) mass is 199 g/mol. The lowest BCUT2D eigenvalue weighted by Crippen LogP contribution is -1.79. The van der Waals surface area contributed by atoms with Crippen LogP contribution < -0.4 is 0 Å². The molecule has 0 aliphatic heterocycles. The maximum Gasteiger partial charge on any atom is 0.241 e. The number of allylic oxidation sites excluding steroid dienone is 1. The predicted molar refractivity (Wildman–Crippen MR) is 59.7 cm³/mol. The summed E-state index contributed by atoms with van der Waals surface area (Å²) >= 11 is 4.39. The van der Waals surface area contributed by atoms with Crippen molar-refractivity contribution in [2.24, 2.45) is 0 Å². The third kappa shape index (κ3) is 11.6. The standard InChI is InChI=1S/C11H19OS/c1-2-3-4-5-6-7-8-9-10-11(12)13/h9-10H,2-8H2,1H3. The zero-order chi connectivity index (χ0) is 9.94. The van der Waals surface area contributed by atoms with Crippen molar-refractivity contribution in [1.82, 2.24) is 0 Å². The van der Waals surface area contributed by atoms with Gasteiger partial charge in [-0.2, -0.15) is 0 Å². The van der Waals surface area contributed by atoms with E-state index in [2.05, 4.69) is 19.6 Å². The first-order valence-electron chi connectivity index (χ1n) is 5.15. The Bertz CT molecular complexity index is 152. The topological polar surface area (TPSA) is 17.1 Å². The number of hydrogen-bond acceptors (Lipinski definition) is 1. The number of carbonyl (C=O) groups is 1. The molecule has 13 heavy (non-hydrogen) atoms. The Morgan fingerprint density at radius 3 is 2.38 bits per heavy atom. The van der Waals surface area contributed by atoms with Crippen molar-refractivity contribution >= 4 is 17.7 Å². The molecule has 0 atom stereocenters. The molecule has 75 valence electrons. The molecule has 0 bridgehead atoms. The average Bonchev–Trinajstić information content (AvgIpc) is 2.09. The number of rotatable bonds is 8. The van der Waals surface area contributed by atoms with Crippen molar-refractivity contribution in [3.8, 4) is 0 Å². The highest BCUT2D eigenvalue weighted by Crippen LogP contribution is 2.07. The van der Waals surface area contributed by atoms with Crippen LogP contribution in [-0.2, 0) is 4.79 Å². The Labute approximate surface area is 87.0 Å². The first kappa shape index (κ1) is 12.6. The van der Waals surface area contributed by atoms with Crippen molar-refractivity contribution in [1.29, 1.82) is 0 Å². The molecule has 0 saturated heterocycles. The van der Waals surface area contributed by atoms with Crippen LogP contribution in [0.3, 0.4) is 0 Å². The summed E-state index contributed by atoms with van der Waals surface area (Å²) < 4.78 is 0. The van der Waals surface area contributed by atoms with Gasteiger partial charge in [0.05, 0.1) is 0 Å². The van der Waals surface area contributed by atoms with Gasteiger partial charge in [-0.25, -0.2) is 0 Å². The molecule has 1 radical (unpaired) electrons. The first-order valence-corrected chi connectivity index (χ1v) is 5.55. The minimum absolute atomic E-state index is 0.258. The molecule has 0 spiro atoms. The summed E-state index contributed by atoms with van der Waals surface area (Å²) in [6.45, 7) is 2.22. The van der Waals surface area contributed by atoms with Crippen molar-refractivity contribution in [3.63, 3.8) is 0 Å². The van der Waals surface area contributed by atoms with Crippen LogP contribution in [0.2, 0.25) is 0 Å². The van der Waals surface area contributed by atoms with E-state index in [1.165, 1.54) is 44.6 Å². The smallest absolute Gasteiger partial charge is 0.241 e. The third-order valence-electron chi connectivity index (χ3n) is 1.98. The van der Waals surface area contributed by atoms with E-state index in [0.29, 0.717) is 0 Å². The van der Waals surface area contributed by atoms with Crippen LogP contribution in [0.25, 0.3) is 0 Å². The molecule has 0 aromatic rings. The van der Waals surface area contributed by atoms with E-state index in [1.807, 2.05) is 6.08 Å². The fourth-order valence-corrected chi connectivity index (χ4v) is 1.32. The minimum Gasteiger partial charge on any atom is -0.277 e. The molecule has 0 N–H and O–H groups in total. The molecule has 0 aliphatic carbocycles. The van der Waals surface area contributed by atoms with E-state index >= 15 is 0 Å². The van der Waals surface area contributed by atoms with Gasteiger partial charge >= 0.3 is 0 Å². The molecule has 1 nitrogen and oxygen atoms in total. The van der Waals surface area contributed by atoms with Crippen LogP contribution >= 0.6 is 12.6 Å². The molecule has 0 unspecified atom stereocenters. The van der Waals surface area contributed by atoms with Gasteiger partial charge in [-0.05, 0) is 31.5 Å². The average molecular weight is 199 g/mol. The summed E-state index contributed by atoms with van der Waals surface area (Å²) in [4.78, 5) is 10.3. The van der Waals surface area contributed by atoms with Crippen LogP contribution in [0.15, 0.2) is 12.2 Å². The summed E-state index contributed by atoms with van der Waals surface area (Å²) in [5.74, 6) is 0. The summed E-state index contributed by atoms with van der Waals surface area (Å²) in [6.07, 6.45) is 12.1. The molecular formula is C11H19OS. The summed E-state index contributed by atoms with van der Waals surface area (Å²) in [5.41, 5.74) is 0. The largest absolute Gasteiger partial charge is 0.277 e. The number of carbonyl (C=O) groups excluding carboxylic acids is 1. The van der Waals surface area contributed by atoms with E-state index in [0.717, 1.165) is 6.42 Å². The highest BCUT2D eigenvalue weighted by atomic mass is 32.1. The SMILES string of the molecule is CCCCCCCCC=CC(=O)[S]. The Kier molecular flexibility index (Phi) is 9.44. The molecule has 0 rings (SSSR count). The maximum absolute atomic E-state index is 10.3. The highest BCUT2D eigenvalue weighted by Gasteiger charge is 1.88. The Hall–Kier alpha value is -0.370. The second kappa shape index (κ2) is 9.72. The fraction of sp³-hybridized carbons (Fsp3) is 0.727. The molecular weight excluding hydrogens is 180 g/mol. The molecule has 0 fully saturated rings. The van der Waals surface area contributed by atoms with E-state index in [4.69, 9.17) is 0 Å². The van der Waals surface area contributed by atoms with Gasteiger partial charge in [0.2, 0.25) is 5.12 Å². The zero-order valence-corrected chi connectivity index (χ0v) is 9.24. The second-order valence-corrected chi connectivity index (χ2v) is 3.68. The molecule has 0 amide bonds. The predicted octanol–water partition coefficient (Wildman–Crippen LogP) is 4.02. The van der Waals surface area contributed by atoms with Crippen molar-refractivity contribution in [2.45, 2.75) is 51.9 Å². The Morgan fingerprint density at radius 2 is 1.77 bits per heavy atom. The van der Waals surface area contributed by atoms with Gasteiger partial charge in [-0.3, -0.25) is 4.79 Å². The molecule has 0 saturated carbocycles. The molecule has 2 heteroatoms. The van der Waals surface area contributed by atoms with Gasteiger partial charge in [-0.1, -0.05) is 45.1 Å². The van der Waals surface area contributed by atoms with Crippen molar-refractivity contribution in [2.75, 3.05) is 0 Å². The Balaban J connectivity index is 3.03. The van der Waals surface area contributed by atoms with Gasteiger partial charge in [-0.15, -0.1) is 0 Å². The first-order chi connectivity index (χ1) is 6.27. The second-order valence-electron chi connectivity index (χ2n) is 3.28.